The number of nitrogens with zero attached hydrogens (tertiary/aromatic N) is 3. The smallest absolute Gasteiger partial charge is 0.267 e. The minimum Gasteiger partial charge on any atom is -0.493 e. The van der Waals surface area contributed by atoms with Gasteiger partial charge in [-0.1, -0.05) is 41.0 Å². The van der Waals surface area contributed by atoms with Crippen molar-refractivity contribution in [2.75, 3.05) is 13.7 Å². The third kappa shape index (κ3) is 5.01. The molecule has 3 aromatic rings. The second-order valence-electron chi connectivity index (χ2n) is 5.76. The molecule has 0 saturated carbocycles. The SMILES string of the molecule is CCCOc1ccc(/C=N\OCc2nc(-c3ccccc3Cl)no2)cc1OC. The molecule has 146 valence electrons. The maximum Gasteiger partial charge on any atom is 0.267 e. The minimum absolute atomic E-state index is 0.0444. The molecule has 8 heteroatoms. The van der Waals surface area contributed by atoms with E-state index in [2.05, 4.69) is 15.3 Å². The maximum absolute atomic E-state index is 6.13. The summed E-state index contributed by atoms with van der Waals surface area (Å²) < 4.78 is 16.1. The Balaban J connectivity index is 1.58. The molecule has 0 aliphatic heterocycles. The molecule has 0 bridgehead atoms. The van der Waals surface area contributed by atoms with Crippen LogP contribution in [0.3, 0.4) is 0 Å². The summed E-state index contributed by atoms with van der Waals surface area (Å²) in [5.74, 6) is 2.03. The van der Waals surface area contributed by atoms with E-state index in [4.69, 9.17) is 30.4 Å². The van der Waals surface area contributed by atoms with Crippen molar-refractivity contribution in [2.24, 2.45) is 5.16 Å². The van der Waals surface area contributed by atoms with Crippen LogP contribution >= 0.6 is 11.6 Å². The van der Waals surface area contributed by atoms with Gasteiger partial charge in [0.05, 0.1) is 25.0 Å². The van der Waals surface area contributed by atoms with Crippen molar-refractivity contribution in [1.82, 2.24) is 10.1 Å². The minimum atomic E-state index is 0.0444. The lowest BCUT2D eigenvalue weighted by atomic mass is 10.2. The Kier molecular flexibility index (Phi) is 6.86. The number of hydrogen-bond donors (Lipinski definition) is 0. The molecule has 0 aliphatic carbocycles. The number of methoxy groups -OCH3 is 1. The molecule has 0 spiro atoms. The highest BCUT2D eigenvalue weighted by Crippen LogP contribution is 2.28. The molecule has 0 atom stereocenters. The first-order chi connectivity index (χ1) is 13.7. The molecule has 1 heterocycles. The van der Waals surface area contributed by atoms with Gasteiger partial charge in [0, 0.05) is 11.1 Å². The molecule has 0 fully saturated rings. The molecule has 1 aromatic heterocycles. The number of aromatic nitrogens is 2. The van der Waals surface area contributed by atoms with E-state index in [-0.39, 0.29) is 6.61 Å². The Morgan fingerprint density at radius 3 is 2.82 bits per heavy atom. The Morgan fingerprint density at radius 1 is 1.18 bits per heavy atom. The highest BCUT2D eigenvalue weighted by atomic mass is 35.5. The first-order valence-electron chi connectivity index (χ1n) is 8.75. The van der Waals surface area contributed by atoms with Crippen LogP contribution < -0.4 is 9.47 Å². The van der Waals surface area contributed by atoms with Crippen LogP contribution in [0.4, 0.5) is 0 Å². The number of ether oxygens (including phenoxy) is 2. The highest BCUT2D eigenvalue weighted by molar-refractivity contribution is 6.33. The fraction of sp³-hybridized carbons (Fsp3) is 0.250. The summed E-state index contributed by atoms with van der Waals surface area (Å²) in [6.07, 6.45) is 2.49. The van der Waals surface area contributed by atoms with Gasteiger partial charge in [0.2, 0.25) is 5.82 Å². The average molecular weight is 402 g/mol. The van der Waals surface area contributed by atoms with Crippen molar-refractivity contribution in [3.63, 3.8) is 0 Å². The van der Waals surface area contributed by atoms with Gasteiger partial charge in [-0.3, -0.25) is 0 Å². The first kappa shape index (κ1) is 19.7. The molecule has 2 aromatic carbocycles. The quantitative estimate of drug-likeness (QED) is 0.380. The molecule has 3 rings (SSSR count). The predicted octanol–water partition coefficient (Wildman–Crippen LogP) is 4.74. The van der Waals surface area contributed by atoms with E-state index in [9.17, 15) is 0 Å². The lowest BCUT2D eigenvalue weighted by Crippen LogP contribution is -1.98. The summed E-state index contributed by atoms with van der Waals surface area (Å²) in [7, 11) is 1.59. The number of benzene rings is 2. The summed E-state index contributed by atoms with van der Waals surface area (Å²) in [6, 6.07) is 12.8. The molecule has 0 saturated heterocycles. The van der Waals surface area contributed by atoms with Gasteiger partial charge in [-0.2, -0.15) is 4.98 Å². The van der Waals surface area contributed by atoms with Crippen molar-refractivity contribution in [3.8, 4) is 22.9 Å². The van der Waals surface area contributed by atoms with E-state index < -0.39 is 0 Å². The summed E-state index contributed by atoms with van der Waals surface area (Å²) >= 11 is 6.13. The van der Waals surface area contributed by atoms with Crippen molar-refractivity contribution >= 4 is 17.8 Å². The van der Waals surface area contributed by atoms with Crippen molar-refractivity contribution in [1.29, 1.82) is 0 Å². The van der Waals surface area contributed by atoms with E-state index >= 15 is 0 Å². The molecule has 0 radical (unpaired) electrons. The van der Waals surface area contributed by atoms with Gasteiger partial charge in [0.15, 0.2) is 18.1 Å². The van der Waals surface area contributed by atoms with Crippen LogP contribution in [0.15, 0.2) is 52.1 Å². The van der Waals surface area contributed by atoms with Crippen LogP contribution in [0.1, 0.15) is 24.8 Å². The second kappa shape index (κ2) is 9.75. The fourth-order valence-corrected chi connectivity index (χ4v) is 2.57. The van der Waals surface area contributed by atoms with E-state index in [1.54, 1.807) is 19.4 Å². The molecule has 0 N–H and O–H groups in total. The molecule has 28 heavy (non-hydrogen) atoms. The zero-order valence-electron chi connectivity index (χ0n) is 15.6. The summed E-state index contributed by atoms with van der Waals surface area (Å²) in [5.41, 5.74) is 1.50. The van der Waals surface area contributed by atoms with Crippen LogP contribution in [-0.2, 0) is 11.4 Å². The predicted molar refractivity (Wildman–Crippen MR) is 106 cm³/mol. The van der Waals surface area contributed by atoms with Crippen LogP contribution in [0.5, 0.6) is 11.5 Å². The van der Waals surface area contributed by atoms with Gasteiger partial charge in [0.1, 0.15) is 0 Å². The van der Waals surface area contributed by atoms with Crippen molar-refractivity contribution in [2.45, 2.75) is 20.0 Å². The number of rotatable bonds is 9. The Hall–Kier alpha value is -3.06. The normalized spacial score (nSPS) is 11.0. The molecule has 0 aliphatic rings. The van der Waals surface area contributed by atoms with Crippen molar-refractivity contribution in [3.05, 3.63) is 58.9 Å². The lowest BCUT2D eigenvalue weighted by molar-refractivity contribution is 0.107. The van der Waals surface area contributed by atoms with E-state index in [0.29, 0.717) is 40.4 Å². The van der Waals surface area contributed by atoms with Gasteiger partial charge in [-0.05, 0) is 36.8 Å². The fourth-order valence-electron chi connectivity index (χ4n) is 2.35. The third-order valence-corrected chi connectivity index (χ3v) is 4.03. The van der Waals surface area contributed by atoms with E-state index in [0.717, 1.165) is 12.0 Å². The zero-order valence-corrected chi connectivity index (χ0v) is 16.3. The molecule has 7 nitrogen and oxygen atoms in total. The first-order valence-corrected chi connectivity index (χ1v) is 9.12. The van der Waals surface area contributed by atoms with Crippen LogP contribution in [0, 0.1) is 0 Å². The Labute approximate surface area is 167 Å². The second-order valence-corrected chi connectivity index (χ2v) is 6.17. The summed E-state index contributed by atoms with van der Waals surface area (Å²) in [6.45, 7) is 2.72. The van der Waals surface area contributed by atoms with E-state index in [1.165, 1.54) is 0 Å². The van der Waals surface area contributed by atoms with Gasteiger partial charge in [-0.15, -0.1) is 0 Å². The average Bonchev–Trinajstić information content (AvgIpc) is 3.19. The van der Waals surface area contributed by atoms with Crippen LogP contribution in [0.25, 0.3) is 11.4 Å². The van der Waals surface area contributed by atoms with Gasteiger partial charge < -0.3 is 18.8 Å². The van der Waals surface area contributed by atoms with Crippen LogP contribution in [0.2, 0.25) is 5.02 Å². The maximum atomic E-state index is 6.13. The molecular weight excluding hydrogens is 382 g/mol. The van der Waals surface area contributed by atoms with Crippen LogP contribution in [-0.4, -0.2) is 30.1 Å². The van der Waals surface area contributed by atoms with Gasteiger partial charge in [0.25, 0.3) is 5.89 Å². The Morgan fingerprint density at radius 2 is 2.04 bits per heavy atom. The number of oxime groups is 1. The monoisotopic (exact) mass is 401 g/mol. The number of halogens is 1. The number of hydrogen-bond acceptors (Lipinski definition) is 7. The van der Waals surface area contributed by atoms with Crippen molar-refractivity contribution < 1.29 is 18.8 Å². The zero-order chi connectivity index (χ0) is 19.8. The van der Waals surface area contributed by atoms with E-state index in [1.807, 2.05) is 43.3 Å². The topological polar surface area (TPSA) is 79.0 Å². The standard InChI is InChI=1S/C20H20ClN3O4/c1-3-10-26-17-9-8-14(11-18(17)25-2)12-22-27-13-19-23-20(24-28-19)15-6-4-5-7-16(15)21/h4-9,11-12H,3,10,13H2,1-2H3/b22-12-. The summed E-state index contributed by atoms with van der Waals surface area (Å²) in [4.78, 5) is 9.50. The van der Waals surface area contributed by atoms with Gasteiger partial charge >= 0.3 is 0 Å². The largest absolute Gasteiger partial charge is 0.493 e. The Bertz CT molecular complexity index is 943. The lowest BCUT2D eigenvalue weighted by Gasteiger charge is -2.10. The molecular formula is C20H20ClN3O4. The van der Waals surface area contributed by atoms with Gasteiger partial charge in [-0.25, -0.2) is 0 Å². The molecule has 0 amide bonds. The molecule has 0 unspecified atom stereocenters. The highest BCUT2D eigenvalue weighted by Gasteiger charge is 2.11. The summed E-state index contributed by atoms with van der Waals surface area (Å²) in [5, 5.41) is 8.39. The third-order valence-electron chi connectivity index (χ3n) is 3.70.